The molecule has 24 heavy (non-hydrogen) atoms. The molecule has 0 saturated heterocycles. The van der Waals surface area contributed by atoms with E-state index in [9.17, 15) is 4.79 Å². The van der Waals surface area contributed by atoms with E-state index in [1.165, 1.54) is 31.2 Å². The second-order valence-corrected chi connectivity index (χ2v) is 7.57. The monoisotopic (exact) mass is 326 g/mol. The van der Waals surface area contributed by atoms with Gasteiger partial charge in [-0.05, 0) is 56.2 Å². The molecular weight excluding hydrogens is 300 g/mol. The number of carbonyl (C=O) groups excluding carboxylic acids is 1. The number of carbonyl (C=O) groups is 1. The van der Waals surface area contributed by atoms with Crippen LogP contribution in [0, 0.1) is 5.41 Å². The molecule has 1 heterocycles. The second-order valence-electron chi connectivity index (χ2n) is 7.57. The Morgan fingerprint density at radius 2 is 2.08 bits per heavy atom. The second kappa shape index (κ2) is 6.25. The Morgan fingerprint density at radius 1 is 1.29 bits per heavy atom. The normalized spacial score (nSPS) is 19.7. The number of nitrogens with one attached hydrogen (secondary N) is 1. The average Bonchev–Trinajstić information content (AvgIpc) is 3.18. The van der Waals surface area contributed by atoms with Crippen molar-refractivity contribution < 1.29 is 9.53 Å². The molecule has 4 rings (SSSR count). The quantitative estimate of drug-likeness (QED) is 0.785. The predicted octanol–water partition coefficient (Wildman–Crippen LogP) is 4.11. The fourth-order valence-corrected chi connectivity index (χ4v) is 4.30. The van der Waals surface area contributed by atoms with Gasteiger partial charge in [0.2, 0.25) is 0 Å². The molecule has 0 bridgehead atoms. The zero-order valence-corrected chi connectivity index (χ0v) is 14.1. The Labute approximate surface area is 142 Å². The Morgan fingerprint density at radius 3 is 2.79 bits per heavy atom. The van der Waals surface area contributed by atoms with Crippen LogP contribution in [0.25, 0.3) is 10.9 Å². The van der Waals surface area contributed by atoms with E-state index in [2.05, 4.69) is 17.1 Å². The fraction of sp³-hybridized carbons (Fsp3) is 0.550. The number of aromatic amines is 1. The van der Waals surface area contributed by atoms with Crippen molar-refractivity contribution in [3.05, 3.63) is 35.5 Å². The summed E-state index contributed by atoms with van der Waals surface area (Å²) in [5.41, 5.74) is 8.90. The third kappa shape index (κ3) is 2.84. The Kier molecular flexibility index (Phi) is 4.09. The Bertz CT molecular complexity index is 739. The molecule has 0 atom stereocenters. The number of benzene rings is 1. The van der Waals surface area contributed by atoms with E-state index >= 15 is 0 Å². The molecule has 2 fully saturated rings. The van der Waals surface area contributed by atoms with Crippen LogP contribution in [0.4, 0.5) is 0 Å². The van der Waals surface area contributed by atoms with Gasteiger partial charge in [0.1, 0.15) is 0 Å². The zero-order valence-electron chi connectivity index (χ0n) is 14.1. The minimum absolute atomic E-state index is 0.107. The molecule has 2 aliphatic carbocycles. The summed E-state index contributed by atoms with van der Waals surface area (Å²) in [4.78, 5) is 16.0. The number of H-pyrrole nitrogens is 1. The molecule has 2 saturated carbocycles. The summed E-state index contributed by atoms with van der Waals surface area (Å²) in [6.45, 7) is 1.16. The first-order valence-electron chi connectivity index (χ1n) is 9.20. The lowest BCUT2D eigenvalue weighted by Gasteiger charge is -2.27. The van der Waals surface area contributed by atoms with Crippen LogP contribution >= 0.6 is 0 Å². The maximum absolute atomic E-state index is 12.7. The van der Waals surface area contributed by atoms with Gasteiger partial charge in [-0.2, -0.15) is 0 Å². The molecule has 0 amide bonds. The number of rotatable bonds is 6. The van der Waals surface area contributed by atoms with Gasteiger partial charge < -0.3 is 15.5 Å². The van der Waals surface area contributed by atoms with E-state index in [4.69, 9.17) is 10.5 Å². The van der Waals surface area contributed by atoms with Crippen molar-refractivity contribution in [1.29, 1.82) is 0 Å². The molecule has 4 heteroatoms. The molecule has 2 aromatic rings. The Balaban J connectivity index is 1.55. The lowest BCUT2D eigenvalue weighted by atomic mass is 9.83. The van der Waals surface area contributed by atoms with Crippen LogP contribution in [0.5, 0.6) is 0 Å². The molecule has 0 radical (unpaired) electrons. The maximum atomic E-state index is 12.7. The van der Waals surface area contributed by atoms with Crippen molar-refractivity contribution in [2.45, 2.75) is 50.9 Å². The third-order valence-electron chi connectivity index (χ3n) is 5.82. The first kappa shape index (κ1) is 15.7. The number of hydrogen-bond donors (Lipinski definition) is 2. The summed E-state index contributed by atoms with van der Waals surface area (Å²) in [6, 6.07) is 6.25. The largest absolute Gasteiger partial charge is 0.461 e. The number of fused-ring (bicyclic) bond motifs is 1. The van der Waals surface area contributed by atoms with Crippen LogP contribution in [-0.4, -0.2) is 24.1 Å². The van der Waals surface area contributed by atoms with Gasteiger partial charge in [0.25, 0.3) is 0 Å². The first-order chi connectivity index (χ1) is 11.7. The fourth-order valence-electron chi connectivity index (χ4n) is 4.30. The van der Waals surface area contributed by atoms with Gasteiger partial charge in [-0.3, -0.25) is 0 Å². The minimum atomic E-state index is -0.197. The van der Waals surface area contributed by atoms with Gasteiger partial charge in [0.15, 0.2) is 0 Å². The molecule has 0 unspecified atom stereocenters. The van der Waals surface area contributed by atoms with Gasteiger partial charge in [0, 0.05) is 22.5 Å². The van der Waals surface area contributed by atoms with E-state index < -0.39 is 0 Å². The summed E-state index contributed by atoms with van der Waals surface area (Å²) in [5.74, 6) is 0.409. The summed E-state index contributed by atoms with van der Waals surface area (Å²) in [5, 5.41) is 1.06. The summed E-state index contributed by atoms with van der Waals surface area (Å²) < 4.78 is 5.78. The maximum Gasteiger partial charge on any atom is 0.340 e. The van der Waals surface area contributed by atoms with Gasteiger partial charge >= 0.3 is 5.97 Å². The highest BCUT2D eigenvalue weighted by molar-refractivity contribution is 6.05. The number of esters is 1. The van der Waals surface area contributed by atoms with Gasteiger partial charge in [-0.15, -0.1) is 0 Å². The topological polar surface area (TPSA) is 68.1 Å². The lowest BCUT2D eigenvalue weighted by Crippen LogP contribution is -2.28. The van der Waals surface area contributed by atoms with Crippen LogP contribution < -0.4 is 5.73 Å². The van der Waals surface area contributed by atoms with Crippen LogP contribution in [0.2, 0.25) is 0 Å². The standard InChI is InChI=1S/C20H26N2O2/c21-11-10-20(8-1-2-9-20)13-24-19(23)16-12-22-17-5-3-4-15(18(16)17)14-6-7-14/h3-5,12,14,22H,1-2,6-11,13,21H2. The van der Waals surface area contributed by atoms with Gasteiger partial charge in [-0.1, -0.05) is 25.0 Å². The van der Waals surface area contributed by atoms with Crippen molar-refractivity contribution >= 4 is 16.9 Å². The van der Waals surface area contributed by atoms with Crippen molar-refractivity contribution in [1.82, 2.24) is 4.98 Å². The molecule has 3 N–H and O–H groups in total. The van der Waals surface area contributed by atoms with Crippen molar-refractivity contribution in [2.75, 3.05) is 13.2 Å². The van der Waals surface area contributed by atoms with Crippen LogP contribution in [0.15, 0.2) is 24.4 Å². The molecule has 1 aromatic heterocycles. The smallest absolute Gasteiger partial charge is 0.340 e. The SMILES string of the molecule is NCCC1(COC(=O)c2c[nH]c3cccc(C4CC4)c23)CCCC1. The van der Waals surface area contributed by atoms with Crippen molar-refractivity contribution in [3.8, 4) is 0 Å². The molecule has 0 aliphatic heterocycles. The van der Waals surface area contributed by atoms with Crippen molar-refractivity contribution in [2.24, 2.45) is 11.1 Å². The molecule has 128 valence electrons. The van der Waals surface area contributed by atoms with Gasteiger partial charge in [0.05, 0.1) is 12.2 Å². The lowest BCUT2D eigenvalue weighted by molar-refractivity contribution is 0.0276. The number of ether oxygens (including phenoxy) is 1. The summed E-state index contributed by atoms with van der Waals surface area (Å²) >= 11 is 0. The van der Waals surface area contributed by atoms with Crippen LogP contribution in [-0.2, 0) is 4.74 Å². The highest BCUT2D eigenvalue weighted by Crippen LogP contribution is 2.44. The average molecular weight is 326 g/mol. The molecule has 1 aromatic carbocycles. The van der Waals surface area contributed by atoms with E-state index in [1.807, 2.05) is 12.3 Å². The number of nitrogens with two attached hydrogens (primary N) is 1. The predicted molar refractivity (Wildman–Crippen MR) is 95.1 cm³/mol. The van der Waals surface area contributed by atoms with E-state index in [1.54, 1.807) is 0 Å². The molecule has 2 aliphatic rings. The van der Waals surface area contributed by atoms with Crippen molar-refractivity contribution in [3.63, 3.8) is 0 Å². The number of hydrogen-bond acceptors (Lipinski definition) is 3. The first-order valence-corrected chi connectivity index (χ1v) is 9.20. The zero-order chi connectivity index (χ0) is 16.6. The Hall–Kier alpha value is -1.81. The number of aromatic nitrogens is 1. The molecular formula is C20H26N2O2. The molecule has 4 nitrogen and oxygen atoms in total. The van der Waals surface area contributed by atoms with E-state index in [-0.39, 0.29) is 11.4 Å². The van der Waals surface area contributed by atoms with E-state index in [0.717, 1.165) is 30.2 Å². The summed E-state index contributed by atoms with van der Waals surface area (Å²) in [7, 11) is 0. The van der Waals surface area contributed by atoms with Crippen LogP contribution in [0.3, 0.4) is 0 Å². The van der Waals surface area contributed by atoms with E-state index in [0.29, 0.717) is 24.6 Å². The summed E-state index contributed by atoms with van der Waals surface area (Å²) in [6.07, 6.45) is 9.88. The minimum Gasteiger partial charge on any atom is -0.461 e. The highest BCUT2D eigenvalue weighted by Gasteiger charge is 2.35. The van der Waals surface area contributed by atoms with Crippen LogP contribution in [0.1, 0.15) is 66.8 Å². The third-order valence-corrected chi connectivity index (χ3v) is 5.82. The van der Waals surface area contributed by atoms with Gasteiger partial charge in [-0.25, -0.2) is 4.79 Å². The molecule has 0 spiro atoms. The highest BCUT2D eigenvalue weighted by atomic mass is 16.5.